The number of hydrogen-bond acceptors (Lipinski definition) is 4. The summed E-state index contributed by atoms with van der Waals surface area (Å²) >= 11 is 0. The average molecular weight is 289 g/mol. The minimum Gasteiger partial charge on any atom is -0.364 e. The van der Waals surface area contributed by atoms with Gasteiger partial charge in [0.1, 0.15) is 12.0 Å². The van der Waals surface area contributed by atoms with Gasteiger partial charge in [0.25, 0.3) is 5.91 Å². The predicted molar refractivity (Wildman–Crippen MR) is 77.3 cm³/mol. The van der Waals surface area contributed by atoms with Gasteiger partial charge in [-0.1, -0.05) is 5.16 Å². The number of Topliss-reactive ketones (excluding diaryl/α,β-unsaturated/α-hetero) is 1. The zero-order valence-corrected chi connectivity index (χ0v) is 12.9. The van der Waals surface area contributed by atoms with Gasteiger partial charge in [-0.15, -0.1) is 0 Å². The number of carbonyl (C=O) groups is 2. The molecule has 0 aliphatic heterocycles. The van der Waals surface area contributed by atoms with Crippen LogP contribution in [0.5, 0.6) is 0 Å². The Bertz CT molecular complexity index is 671. The van der Waals surface area contributed by atoms with Gasteiger partial charge < -0.3 is 14.4 Å². The Balaban J connectivity index is 2.34. The molecule has 2 aromatic heterocycles. The van der Waals surface area contributed by atoms with Gasteiger partial charge in [0.05, 0.1) is 17.3 Å². The molecule has 2 heterocycles. The third-order valence-corrected chi connectivity index (χ3v) is 3.79. The molecule has 0 bridgehead atoms. The third-order valence-electron chi connectivity index (χ3n) is 3.79. The summed E-state index contributed by atoms with van der Waals surface area (Å²) in [6, 6.07) is 1.51. The number of rotatable bonds is 4. The van der Waals surface area contributed by atoms with Crippen molar-refractivity contribution in [3.8, 4) is 0 Å². The van der Waals surface area contributed by atoms with Gasteiger partial charge in [-0.2, -0.15) is 0 Å². The molecule has 0 saturated heterocycles. The molecule has 6 heteroatoms. The van der Waals surface area contributed by atoms with Crippen LogP contribution < -0.4 is 0 Å². The van der Waals surface area contributed by atoms with Crippen LogP contribution in [0.25, 0.3) is 0 Å². The quantitative estimate of drug-likeness (QED) is 0.877. The number of aromatic amines is 1. The van der Waals surface area contributed by atoms with E-state index in [9.17, 15) is 9.59 Å². The second-order valence-corrected chi connectivity index (χ2v) is 5.20. The lowest BCUT2D eigenvalue weighted by atomic mass is 10.1. The first-order chi connectivity index (χ1) is 9.84. The van der Waals surface area contributed by atoms with Crippen LogP contribution in [0.2, 0.25) is 0 Å². The van der Waals surface area contributed by atoms with Gasteiger partial charge >= 0.3 is 0 Å². The molecule has 0 saturated carbocycles. The van der Waals surface area contributed by atoms with Crippen molar-refractivity contribution in [1.29, 1.82) is 0 Å². The van der Waals surface area contributed by atoms with Gasteiger partial charge in [-0.3, -0.25) is 9.59 Å². The van der Waals surface area contributed by atoms with Crippen molar-refractivity contribution in [2.75, 3.05) is 7.05 Å². The van der Waals surface area contributed by atoms with E-state index in [0.717, 1.165) is 0 Å². The monoisotopic (exact) mass is 289 g/mol. The Morgan fingerprint density at radius 1 is 1.38 bits per heavy atom. The minimum atomic E-state index is -0.217. The highest BCUT2D eigenvalue weighted by atomic mass is 16.5. The number of hydrogen-bond donors (Lipinski definition) is 1. The maximum absolute atomic E-state index is 12.7. The molecule has 2 aromatic rings. The Morgan fingerprint density at radius 2 is 2.05 bits per heavy atom. The number of H-pyrrole nitrogens is 1. The first-order valence-corrected chi connectivity index (χ1v) is 6.72. The minimum absolute atomic E-state index is 0.0816. The molecular weight excluding hydrogens is 270 g/mol. The van der Waals surface area contributed by atoms with E-state index in [4.69, 9.17) is 4.52 Å². The molecule has 112 valence electrons. The van der Waals surface area contributed by atoms with E-state index in [1.165, 1.54) is 13.2 Å². The Kier molecular flexibility index (Phi) is 3.97. The maximum Gasteiger partial charge on any atom is 0.256 e. The van der Waals surface area contributed by atoms with Crippen molar-refractivity contribution in [2.24, 2.45) is 0 Å². The number of aromatic nitrogens is 2. The molecular formula is C15H19N3O3. The van der Waals surface area contributed by atoms with Crippen LogP contribution in [0.15, 0.2) is 16.9 Å². The highest BCUT2D eigenvalue weighted by Gasteiger charge is 2.26. The first-order valence-electron chi connectivity index (χ1n) is 6.72. The molecule has 1 N–H and O–H groups in total. The molecule has 0 unspecified atom stereocenters. The molecule has 0 aliphatic rings. The second-order valence-electron chi connectivity index (χ2n) is 5.20. The molecule has 21 heavy (non-hydrogen) atoms. The van der Waals surface area contributed by atoms with Crippen LogP contribution in [0.3, 0.4) is 0 Å². The number of ketones is 1. The summed E-state index contributed by atoms with van der Waals surface area (Å²) in [4.78, 5) is 28.8. The molecule has 0 fully saturated rings. The van der Waals surface area contributed by atoms with E-state index < -0.39 is 0 Å². The number of carbonyl (C=O) groups excluding carboxylic acids is 2. The summed E-state index contributed by atoms with van der Waals surface area (Å²) in [7, 11) is 1.71. The van der Waals surface area contributed by atoms with E-state index in [0.29, 0.717) is 28.2 Å². The topological polar surface area (TPSA) is 79.2 Å². The van der Waals surface area contributed by atoms with Crippen molar-refractivity contribution >= 4 is 11.7 Å². The van der Waals surface area contributed by atoms with Crippen molar-refractivity contribution < 1.29 is 14.1 Å². The number of nitrogens with zero attached hydrogens (tertiary/aromatic N) is 2. The molecule has 0 aromatic carbocycles. The maximum atomic E-state index is 12.7. The Labute approximate surface area is 123 Å². The van der Waals surface area contributed by atoms with Gasteiger partial charge in [0, 0.05) is 25.7 Å². The average Bonchev–Trinajstić information content (AvgIpc) is 3.05. The van der Waals surface area contributed by atoms with Crippen LogP contribution in [-0.2, 0) is 0 Å². The first kappa shape index (κ1) is 15.0. The normalized spacial score (nSPS) is 12.2. The Morgan fingerprint density at radius 3 is 2.52 bits per heavy atom. The highest BCUT2D eigenvalue weighted by Crippen LogP contribution is 2.24. The van der Waals surface area contributed by atoms with E-state index in [1.54, 1.807) is 31.9 Å². The summed E-state index contributed by atoms with van der Waals surface area (Å²) in [6.45, 7) is 6.93. The fraction of sp³-hybridized carbons (Fsp3) is 0.400. The second kappa shape index (κ2) is 5.55. The molecule has 1 atom stereocenters. The number of aryl methyl sites for hydroxylation is 1. The van der Waals surface area contributed by atoms with Crippen LogP contribution >= 0.6 is 0 Å². The smallest absolute Gasteiger partial charge is 0.256 e. The lowest BCUT2D eigenvalue weighted by molar-refractivity contribution is 0.0736. The molecule has 0 radical (unpaired) electrons. The number of amides is 1. The summed E-state index contributed by atoms with van der Waals surface area (Å²) in [5, 5.41) is 3.86. The molecule has 1 amide bonds. The van der Waals surface area contributed by atoms with Crippen molar-refractivity contribution in [3.05, 3.63) is 40.5 Å². The van der Waals surface area contributed by atoms with Crippen LogP contribution in [0.1, 0.15) is 57.7 Å². The standard InChI is InChI=1S/C15H19N3O3/c1-8-13(9(2)16-14(8)11(4)19)15(20)18(5)10(3)12-6-7-21-17-12/h6-7,10,16H,1-5H3/t10-/m1/s1. The largest absolute Gasteiger partial charge is 0.364 e. The lowest BCUT2D eigenvalue weighted by Gasteiger charge is -2.23. The molecule has 6 nitrogen and oxygen atoms in total. The van der Waals surface area contributed by atoms with Crippen LogP contribution in [0, 0.1) is 13.8 Å². The molecule has 0 aliphatic carbocycles. The van der Waals surface area contributed by atoms with Crippen LogP contribution in [-0.4, -0.2) is 33.8 Å². The van der Waals surface area contributed by atoms with Crippen molar-refractivity contribution in [3.63, 3.8) is 0 Å². The van der Waals surface area contributed by atoms with E-state index >= 15 is 0 Å². The summed E-state index contributed by atoms with van der Waals surface area (Å²) in [5.41, 5.74) is 3.09. The lowest BCUT2D eigenvalue weighted by Crippen LogP contribution is -2.30. The van der Waals surface area contributed by atoms with Crippen LogP contribution in [0.4, 0.5) is 0 Å². The SMILES string of the molecule is CC(=O)c1[nH]c(C)c(C(=O)N(C)[C@H](C)c2ccon2)c1C. The Hall–Kier alpha value is -2.37. The third kappa shape index (κ3) is 2.61. The van der Waals surface area contributed by atoms with Crippen molar-refractivity contribution in [1.82, 2.24) is 15.0 Å². The zero-order valence-electron chi connectivity index (χ0n) is 12.9. The van der Waals surface area contributed by atoms with E-state index in [1.807, 2.05) is 6.92 Å². The molecule has 2 rings (SSSR count). The fourth-order valence-corrected chi connectivity index (χ4v) is 2.41. The van der Waals surface area contributed by atoms with Gasteiger partial charge in [0.15, 0.2) is 5.78 Å². The van der Waals surface area contributed by atoms with Gasteiger partial charge in [-0.05, 0) is 26.3 Å². The highest BCUT2D eigenvalue weighted by molar-refractivity contribution is 6.02. The van der Waals surface area contributed by atoms with Gasteiger partial charge in [0.2, 0.25) is 0 Å². The summed E-state index contributed by atoms with van der Waals surface area (Å²) in [6.07, 6.45) is 1.48. The summed E-state index contributed by atoms with van der Waals surface area (Å²) in [5.74, 6) is -0.230. The van der Waals surface area contributed by atoms with Crippen molar-refractivity contribution in [2.45, 2.75) is 33.7 Å². The summed E-state index contributed by atoms with van der Waals surface area (Å²) < 4.78 is 4.82. The van der Waals surface area contributed by atoms with E-state index in [-0.39, 0.29) is 17.7 Å². The van der Waals surface area contributed by atoms with Gasteiger partial charge in [-0.25, -0.2) is 0 Å². The molecule has 0 spiro atoms. The predicted octanol–water partition coefficient (Wildman–Crippen LogP) is 2.66. The van der Waals surface area contributed by atoms with E-state index in [2.05, 4.69) is 10.1 Å². The zero-order chi connectivity index (χ0) is 15.7. The fourth-order valence-electron chi connectivity index (χ4n) is 2.41. The number of nitrogens with one attached hydrogen (secondary N) is 1.